The molecule has 0 aromatic rings. The molecule has 2 amide bonds. The van der Waals surface area contributed by atoms with E-state index in [2.05, 4.69) is 5.32 Å². The first-order valence-corrected chi connectivity index (χ1v) is 9.02. The Morgan fingerprint density at radius 2 is 1.85 bits per heavy atom. The van der Waals surface area contributed by atoms with Crippen LogP contribution in [0.2, 0.25) is 0 Å². The molecule has 1 N–H and O–H groups in total. The fourth-order valence-corrected chi connectivity index (χ4v) is 4.52. The Bertz CT molecular complexity index is 481. The van der Waals surface area contributed by atoms with Gasteiger partial charge in [-0.25, -0.2) is 8.42 Å². The molecule has 6 nitrogen and oxygen atoms in total. The van der Waals surface area contributed by atoms with Crippen molar-refractivity contribution in [3.63, 3.8) is 0 Å². The summed E-state index contributed by atoms with van der Waals surface area (Å²) in [5, 5.41) is 2.84. The van der Waals surface area contributed by atoms with Gasteiger partial charge < -0.3 is 10.2 Å². The van der Waals surface area contributed by atoms with Crippen molar-refractivity contribution < 1.29 is 18.0 Å². The third-order valence-corrected chi connectivity index (χ3v) is 5.87. The van der Waals surface area contributed by atoms with Crippen LogP contribution in [-0.4, -0.2) is 55.8 Å². The van der Waals surface area contributed by atoms with Crippen molar-refractivity contribution in [3.05, 3.63) is 0 Å². The van der Waals surface area contributed by atoms with Gasteiger partial charge in [-0.1, -0.05) is 6.92 Å². The molecule has 0 radical (unpaired) electrons. The van der Waals surface area contributed by atoms with E-state index in [1.165, 1.54) is 0 Å². The first-order chi connectivity index (χ1) is 9.41. The molecule has 0 aromatic carbocycles. The Kier molecular flexibility index (Phi) is 4.67. The van der Waals surface area contributed by atoms with Crippen LogP contribution in [-0.2, 0) is 19.4 Å². The second-order valence-electron chi connectivity index (χ2n) is 5.62. The van der Waals surface area contributed by atoms with Gasteiger partial charge in [-0.15, -0.1) is 0 Å². The zero-order valence-electron chi connectivity index (χ0n) is 11.8. The van der Waals surface area contributed by atoms with Crippen LogP contribution in [0.1, 0.15) is 32.6 Å². The van der Waals surface area contributed by atoms with Crippen molar-refractivity contribution in [3.8, 4) is 0 Å². The predicted octanol–water partition coefficient (Wildman–Crippen LogP) is -0.0617. The first kappa shape index (κ1) is 15.3. The number of carbonyl (C=O) groups is 2. The van der Waals surface area contributed by atoms with Gasteiger partial charge in [-0.2, -0.15) is 0 Å². The molecule has 2 aliphatic rings. The summed E-state index contributed by atoms with van der Waals surface area (Å²) in [5.74, 6) is 0.202. The summed E-state index contributed by atoms with van der Waals surface area (Å²) >= 11 is 0. The summed E-state index contributed by atoms with van der Waals surface area (Å²) in [7, 11) is -2.96. The zero-order valence-corrected chi connectivity index (χ0v) is 12.6. The van der Waals surface area contributed by atoms with E-state index in [0.717, 1.165) is 0 Å². The lowest BCUT2D eigenvalue weighted by atomic mass is 9.95. The van der Waals surface area contributed by atoms with Gasteiger partial charge >= 0.3 is 0 Å². The Balaban J connectivity index is 1.79. The third kappa shape index (κ3) is 3.71. The molecule has 7 heteroatoms. The summed E-state index contributed by atoms with van der Waals surface area (Å²) in [4.78, 5) is 25.4. The predicted molar refractivity (Wildman–Crippen MR) is 74.8 cm³/mol. The largest absolute Gasteiger partial charge is 0.352 e. The molecule has 20 heavy (non-hydrogen) atoms. The van der Waals surface area contributed by atoms with E-state index in [4.69, 9.17) is 0 Å². The second-order valence-corrected chi connectivity index (χ2v) is 7.85. The standard InChI is InChI=1S/C13H22N2O4S/c1-2-12(16)15-6-3-10(4-7-15)13(17)14-11-5-8-20(18,19)9-11/h10-11H,2-9H2,1H3,(H,14,17). The highest BCUT2D eigenvalue weighted by atomic mass is 32.2. The molecule has 1 atom stereocenters. The van der Waals surface area contributed by atoms with Gasteiger partial charge in [0, 0.05) is 31.5 Å². The number of piperidine rings is 1. The van der Waals surface area contributed by atoms with Crippen LogP contribution in [0.15, 0.2) is 0 Å². The third-order valence-electron chi connectivity index (χ3n) is 4.10. The Morgan fingerprint density at radius 3 is 2.35 bits per heavy atom. The summed E-state index contributed by atoms with van der Waals surface area (Å²) < 4.78 is 22.7. The normalized spacial score (nSPS) is 26.4. The van der Waals surface area contributed by atoms with E-state index >= 15 is 0 Å². The van der Waals surface area contributed by atoms with Crippen LogP contribution in [0.3, 0.4) is 0 Å². The SMILES string of the molecule is CCC(=O)N1CCC(C(=O)NC2CCS(=O)(=O)C2)CC1. The van der Waals surface area contributed by atoms with Crippen molar-refractivity contribution in [2.45, 2.75) is 38.6 Å². The van der Waals surface area contributed by atoms with Crippen LogP contribution in [0.25, 0.3) is 0 Å². The van der Waals surface area contributed by atoms with Gasteiger partial charge in [0.2, 0.25) is 11.8 Å². The molecule has 2 rings (SSSR count). The number of nitrogens with zero attached hydrogens (tertiary/aromatic N) is 1. The molecule has 0 bridgehead atoms. The number of likely N-dealkylation sites (tertiary alicyclic amines) is 1. The molecule has 114 valence electrons. The van der Waals surface area contributed by atoms with Crippen LogP contribution >= 0.6 is 0 Å². The van der Waals surface area contributed by atoms with E-state index in [-0.39, 0.29) is 35.3 Å². The molecule has 2 fully saturated rings. The highest BCUT2D eigenvalue weighted by molar-refractivity contribution is 7.91. The van der Waals surface area contributed by atoms with Gasteiger partial charge in [-0.3, -0.25) is 9.59 Å². The van der Waals surface area contributed by atoms with Gasteiger partial charge in [0.25, 0.3) is 0 Å². The van der Waals surface area contributed by atoms with Crippen molar-refractivity contribution in [1.82, 2.24) is 10.2 Å². The number of carbonyl (C=O) groups excluding carboxylic acids is 2. The molecule has 1 unspecified atom stereocenters. The Labute approximate surface area is 119 Å². The van der Waals surface area contributed by atoms with Gasteiger partial charge in [0.05, 0.1) is 11.5 Å². The second kappa shape index (κ2) is 6.11. The van der Waals surface area contributed by atoms with E-state index in [1.54, 1.807) is 4.90 Å². The maximum absolute atomic E-state index is 12.1. The summed E-state index contributed by atoms with van der Waals surface area (Å²) in [6.45, 7) is 3.07. The molecular weight excluding hydrogens is 280 g/mol. The summed E-state index contributed by atoms with van der Waals surface area (Å²) in [6, 6.07) is -0.234. The van der Waals surface area contributed by atoms with Gasteiger partial charge in [-0.05, 0) is 19.3 Å². The molecule has 2 heterocycles. The highest BCUT2D eigenvalue weighted by Gasteiger charge is 2.32. The molecular formula is C13H22N2O4S. The number of nitrogens with one attached hydrogen (secondary N) is 1. The monoisotopic (exact) mass is 302 g/mol. The quantitative estimate of drug-likeness (QED) is 0.791. The van der Waals surface area contributed by atoms with E-state index in [1.807, 2.05) is 6.92 Å². The molecule has 2 aliphatic heterocycles. The fraction of sp³-hybridized carbons (Fsp3) is 0.846. The minimum Gasteiger partial charge on any atom is -0.352 e. The highest BCUT2D eigenvalue weighted by Crippen LogP contribution is 2.19. The van der Waals surface area contributed by atoms with Crippen LogP contribution in [0.4, 0.5) is 0 Å². The number of amides is 2. The lowest BCUT2D eigenvalue weighted by molar-refractivity contribution is -0.135. The maximum atomic E-state index is 12.1. The van der Waals surface area contributed by atoms with Crippen molar-refractivity contribution in [2.75, 3.05) is 24.6 Å². The smallest absolute Gasteiger partial charge is 0.223 e. The zero-order chi connectivity index (χ0) is 14.8. The van der Waals surface area contributed by atoms with E-state index in [0.29, 0.717) is 38.8 Å². The Hall–Kier alpha value is -1.11. The molecule has 0 aromatic heterocycles. The van der Waals surface area contributed by atoms with Crippen LogP contribution < -0.4 is 5.32 Å². The van der Waals surface area contributed by atoms with E-state index < -0.39 is 9.84 Å². The maximum Gasteiger partial charge on any atom is 0.223 e. The molecule has 2 saturated heterocycles. The summed E-state index contributed by atoms with van der Waals surface area (Å²) in [6.07, 6.45) is 2.34. The average Bonchev–Trinajstić information content (AvgIpc) is 2.77. The number of sulfone groups is 1. The van der Waals surface area contributed by atoms with Crippen molar-refractivity contribution in [1.29, 1.82) is 0 Å². The number of hydrogen-bond donors (Lipinski definition) is 1. The lowest BCUT2D eigenvalue weighted by Gasteiger charge is -2.31. The molecule has 0 aliphatic carbocycles. The lowest BCUT2D eigenvalue weighted by Crippen LogP contribution is -2.45. The molecule has 0 spiro atoms. The average molecular weight is 302 g/mol. The minimum absolute atomic E-state index is 0.0595. The Morgan fingerprint density at radius 1 is 1.20 bits per heavy atom. The van der Waals surface area contributed by atoms with E-state index in [9.17, 15) is 18.0 Å². The first-order valence-electron chi connectivity index (χ1n) is 7.20. The van der Waals surface area contributed by atoms with Crippen molar-refractivity contribution in [2.24, 2.45) is 5.92 Å². The number of hydrogen-bond acceptors (Lipinski definition) is 4. The molecule has 0 saturated carbocycles. The van der Waals surface area contributed by atoms with Crippen molar-refractivity contribution >= 4 is 21.7 Å². The van der Waals surface area contributed by atoms with Gasteiger partial charge in [0.1, 0.15) is 0 Å². The topological polar surface area (TPSA) is 83.6 Å². The summed E-state index contributed by atoms with van der Waals surface area (Å²) in [5.41, 5.74) is 0. The van der Waals surface area contributed by atoms with Gasteiger partial charge in [0.15, 0.2) is 9.84 Å². The van der Waals surface area contributed by atoms with Crippen LogP contribution in [0, 0.1) is 5.92 Å². The van der Waals surface area contributed by atoms with Crippen LogP contribution in [0.5, 0.6) is 0 Å². The fourth-order valence-electron chi connectivity index (χ4n) is 2.84. The minimum atomic E-state index is -2.96. The number of rotatable bonds is 3.